The number of rotatable bonds is 7. The van der Waals surface area contributed by atoms with Gasteiger partial charge >= 0.3 is 0 Å². The van der Waals surface area contributed by atoms with Crippen LogP contribution >= 0.6 is 11.8 Å². The molecular formula is C18H20N4O5S2. The summed E-state index contributed by atoms with van der Waals surface area (Å²) in [4.78, 5) is 0. The lowest BCUT2D eigenvalue weighted by molar-refractivity contribution is 0.388. The number of hydrogen-bond acceptors (Lipinski definition) is 10. The van der Waals surface area contributed by atoms with E-state index < -0.39 is 9.84 Å². The Morgan fingerprint density at radius 2 is 1.97 bits per heavy atom. The van der Waals surface area contributed by atoms with E-state index in [1.165, 1.54) is 11.8 Å². The van der Waals surface area contributed by atoms with Crippen LogP contribution in [0.15, 0.2) is 38.3 Å². The van der Waals surface area contributed by atoms with Gasteiger partial charge in [0.1, 0.15) is 5.75 Å². The van der Waals surface area contributed by atoms with Gasteiger partial charge in [0.15, 0.2) is 9.84 Å². The summed E-state index contributed by atoms with van der Waals surface area (Å²) in [6, 6.07) is 7.35. The molecule has 0 amide bonds. The highest BCUT2D eigenvalue weighted by Gasteiger charge is 2.29. The van der Waals surface area contributed by atoms with E-state index in [-0.39, 0.29) is 22.7 Å². The minimum atomic E-state index is -2.92. The first-order valence-electron chi connectivity index (χ1n) is 9.09. The maximum Gasteiger partial charge on any atom is 0.277 e. The molecule has 29 heavy (non-hydrogen) atoms. The molecule has 1 saturated heterocycles. The minimum Gasteiger partial charge on any atom is -0.497 e. The van der Waals surface area contributed by atoms with Gasteiger partial charge in [-0.05, 0) is 43.5 Å². The predicted molar refractivity (Wildman–Crippen MR) is 105 cm³/mol. The molecule has 3 aromatic rings. The number of sulfone groups is 1. The zero-order valence-electron chi connectivity index (χ0n) is 15.9. The van der Waals surface area contributed by atoms with E-state index >= 15 is 0 Å². The molecule has 1 aliphatic heterocycles. The van der Waals surface area contributed by atoms with Crippen molar-refractivity contribution in [1.82, 2.24) is 20.4 Å². The van der Waals surface area contributed by atoms with Crippen LogP contribution < -0.4 is 4.74 Å². The van der Waals surface area contributed by atoms with Gasteiger partial charge in [-0.15, -0.1) is 20.4 Å². The summed E-state index contributed by atoms with van der Waals surface area (Å²) in [5, 5.41) is 16.5. The molecule has 0 N–H and O–H groups in total. The lowest BCUT2D eigenvalue weighted by atomic mass is 10.1. The van der Waals surface area contributed by atoms with Crippen molar-refractivity contribution in [3.05, 3.63) is 36.0 Å². The first-order valence-corrected chi connectivity index (χ1v) is 11.8. The highest BCUT2D eigenvalue weighted by atomic mass is 32.2. The van der Waals surface area contributed by atoms with Crippen LogP contribution in [0.1, 0.15) is 30.4 Å². The van der Waals surface area contributed by atoms with Gasteiger partial charge in [0.25, 0.3) is 5.22 Å². The summed E-state index contributed by atoms with van der Waals surface area (Å²) >= 11 is 1.32. The molecule has 9 nitrogen and oxygen atoms in total. The second kappa shape index (κ2) is 8.15. The monoisotopic (exact) mass is 436 g/mol. The minimum absolute atomic E-state index is 0.0405. The lowest BCUT2D eigenvalue weighted by Gasteiger charge is -2.03. The van der Waals surface area contributed by atoms with E-state index in [1.54, 1.807) is 7.11 Å². The maximum atomic E-state index is 11.6. The van der Waals surface area contributed by atoms with Crippen LogP contribution in [0.3, 0.4) is 0 Å². The maximum absolute atomic E-state index is 11.6. The zero-order chi connectivity index (χ0) is 20.4. The molecule has 4 rings (SSSR count). The van der Waals surface area contributed by atoms with Gasteiger partial charge in [0.2, 0.25) is 17.7 Å². The van der Waals surface area contributed by atoms with E-state index in [2.05, 4.69) is 20.4 Å². The predicted octanol–water partition coefficient (Wildman–Crippen LogP) is 2.96. The number of methoxy groups -OCH3 is 1. The van der Waals surface area contributed by atoms with Gasteiger partial charge in [-0.1, -0.05) is 11.8 Å². The van der Waals surface area contributed by atoms with Crippen molar-refractivity contribution in [2.45, 2.75) is 30.2 Å². The van der Waals surface area contributed by atoms with Crippen molar-refractivity contribution in [3.63, 3.8) is 0 Å². The van der Waals surface area contributed by atoms with E-state index in [4.69, 9.17) is 13.6 Å². The Bertz CT molecular complexity index is 1080. The molecule has 11 heteroatoms. The van der Waals surface area contributed by atoms with Crippen molar-refractivity contribution in [2.75, 3.05) is 18.6 Å². The molecule has 1 fully saturated rings. The van der Waals surface area contributed by atoms with E-state index in [0.717, 1.165) is 11.3 Å². The molecule has 0 bridgehead atoms. The Balaban J connectivity index is 1.38. The topological polar surface area (TPSA) is 121 Å². The Morgan fingerprint density at radius 1 is 1.17 bits per heavy atom. The Hall–Kier alpha value is -2.40. The van der Waals surface area contributed by atoms with Gasteiger partial charge < -0.3 is 13.6 Å². The third-order valence-corrected chi connectivity index (χ3v) is 7.40. The normalized spacial score (nSPS) is 19.3. The van der Waals surface area contributed by atoms with E-state index in [1.807, 2.05) is 31.2 Å². The van der Waals surface area contributed by atoms with Crippen molar-refractivity contribution in [1.29, 1.82) is 0 Å². The smallest absolute Gasteiger partial charge is 0.277 e. The van der Waals surface area contributed by atoms with Crippen LogP contribution in [0.4, 0.5) is 0 Å². The summed E-state index contributed by atoms with van der Waals surface area (Å²) in [6.07, 6.45) is 1.11. The number of hydrogen-bond donors (Lipinski definition) is 0. The molecule has 2 atom stereocenters. The van der Waals surface area contributed by atoms with Crippen molar-refractivity contribution in [3.8, 4) is 17.2 Å². The number of benzene rings is 1. The van der Waals surface area contributed by atoms with Gasteiger partial charge in [-0.2, -0.15) is 0 Å². The molecule has 154 valence electrons. The van der Waals surface area contributed by atoms with Crippen molar-refractivity contribution in [2.24, 2.45) is 5.92 Å². The largest absolute Gasteiger partial charge is 0.497 e. The van der Waals surface area contributed by atoms with Crippen LogP contribution in [-0.4, -0.2) is 47.4 Å². The number of ether oxygens (including phenoxy) is 1. The molecule has 0 radical (unpaired) electrons. The van der Waals surface area contributed by atoms with Crippen LogP contribution in [0.25, 0.3) is 11.5 Å². The van der Waals surface area contributed by atoms with Crippen LogP contribution in [-0.2, 0) is 16.3 Å². The number of aromatic nitrogens is 4. The molecule has 3 heterocycles. The summed E-state index contributed by atoms with van der Waals surface area (Å²) in [6.45, 7) is 1.91. The summed E-state index contributed by atoms with van der Waals surface area (Å²) < 4.78 is 39.7. The zero-order valence-corrected chi connectivity index (χ0v) is 17.6. The fraction of sp³-hybridized carbons (Fsp3) is 0.444. The molecule has 1 aromatic carbocycles. The SMILES string of the molecule is COc1ccc(-c2nnc([C@@H](C)Sc3nnc(C[C@H]4CCS(=O)(=O)C4)o3)o2)cc1. The molecule has 1 aliphatic rings. The molecule has 0 saturated carbocycles. The van der Waals surface area contributed by atoms with Gasteiger partial charge in [0.05, 0.1) is 23.9 Å². The molecular weight excluding hydrogens is 416 g/mol. The molecule has 0 aliphatic carbocycles. The fourth-order valence-corrected chi connectivity index (χ4v) is 5.69. The number of nitrogens with zero attached hydrogens (tertiary/aromatic N) is 4. The van der Waals surface area contributed by atoms with Gasteiger partial charge in [-0.3, -0.25) is 0 Å². The average Bonchev–Trinajstić information content (AvgIpc) is 3.42. The average molecular weight is 437 g/mol. The van der Waals surface area contributed by atoms with E-state index in [0.29, 0.717) is 35.7 Å². The summed E-state index contributed by atoms with van der Waals surface area (Å²) in [5.41, 5.74) is 0.799. The van der Waals surface area contributed by atoms with Gasteiger partial charge in [0, 0.05) is 12.0 Å². The van der Waals surface area contributed by atoms with Crippen LogP contribution in [0, 0.1) is 5.92 Å². The Morgan fingerprint density at radius 3 is 2.66 bits per heavy atom. The lowest BCUT2D eigenvalue weighted by Crippen LogP contribution is -2.07. The first kappa shape index (κ1) is 19.9. The number of thioether (sulfide) groups is 1. The Kier molecular flexibility index (Phi) is 5.59. The van der Waals surface area contributed by atoms with Crippen molar-refractivity contribution < 1.29 is 22.0 Å². The van der Waals surface area contributed by atoms with E-state index in [9.17, 15) is 8.42 Å². The summed E-state index contributed by atoms with van der Waals surface area (Å²) in [5.74, 6) is 2.53. The summed E-state index contributed by atoms with van der Waals surface area (Å²) in [7, 11) is -1.31. The highest BCUT2D eigenvalue weighted by Crippen LogP contribution is 2.35. The molecule has 0 unspecified atom stereocenters. The highest BCUT2D eigenvalue weighted by molar-refractivity contribution is 7.99. The quantitative estimate of drug-likeness (QED) is 0.511. The Labute approximate surface area is 172 Å². The second-order valence-electron chi connectivity index (χ2n) is 6.87. The third kappa shape index (κ3) is 4.78. The fourth-order valence-electron chi connectivity index (χ4n) is 3.10. The van der Waals surface area contributed by atoms with Crippen LogP contribution in [0.5, 0.6) is 5.75 Å². The first-order chi connectivity index (χ1) is 13.9. The van der Waals surface area contributed by atoms with Gasteiger partial charge in [-0.25, -0.2) is 8.42 Å². The molecule has 0 spiro atoms. The molecule has 2 aromatic heterocycles. The third-order valence-electron chi connectivity index (χ3n) is 4.64. The standard InChI is InChI=1S/C18H20N4O5S2/c1-11(16-20-21-17(27-16)13-3-5-14(25-2)6-4-13)28-18-22-19-15(26-18)9-12-7-8-29(23,24)10-12/h3-6,11-12H,7-10H2,1-2H3/t11-,12-/m1/s1. The van der Waals surface area contributed by atoms with Crippen molar-refractivity contribution >= 4 is 21.6 Å². The van der Waals surface area contributed by atoms with Crippen LogP contribution in [0.2, 0.25) is 0 Å². The second-order valence-corrected chi connectivity index (χ2v) is 10.4.